The van der Waals surface area contributed by atoms with Gasteiger partial charge in [0.05, 0.1) is 7.11 Å². The van der Waals surface area contributed by atoms with Gasteiger partial charge in [-0.3, -0.25) is 4.79 Å². The van der Waals surface area contributed by atoms with Gasteiger partial charge in [0.15, 0.2) is 0 Å². The molecule has 2 aromatic rings. The average molecular weight is 285 g/mol. The Bertz CT molecular complexity index is 620. The summed E-state index contributed by atoms with van der Waals surface area (Å²) < 4.78 is 10.7. The standard InChI is InChI=1S/C16H15NO4/c1-20-12-6-8-14(9-7-12)21-13-4-2-11(3-5-13)15(10-18)16(17)19/h2-10,15H,1H3,(H2,17,19). The van der Waals surface area contributed by atoms with E-state index in [1.165, 1.54) is 0 Å². The van der Waals surface area contributed by atoms with Crippen LogP contribution in [0.1, 0.15) is 11.5 Å². The maximum absolute atomic E-state index is 11.1. The molecule has 2 aromatic carbocycles. The van der Waals surface area contributed by atoms with Crippen molar-refractivity contribution < 1.29 is 19.1 Å². The Kier molecular flexibility index (Phi) is 4.56. The van der Waals surface area contributed by atoms with Gasteiger partial charge in [-0.2, -0.15) is 0 Å². The number of hydrogen-bond donors (Lipinski definition) is 1. The molecule has 0 aromatic heterocycles. The Morgan fingerprint density at radius 1 is 1.00 bits per heavy atom. The monoisotopic (exact) mass is 285 g/mol. The van der Waals surface area contributed by atoms with Crippen molar-refractivity contribution >= 4 is 12.2 Å². The van der Waals surface area contributed by atoms with Gasteiger partial charge in [0.25, 0.3) is 0 Å². The minimum absolute atomic E-state index is 0.529. The Morgan fingerprint density at radius 3 is 1.90 bits per heavy atom. The molecule has 1 unspecified atom stereocenters. The van der Waals surface area contributed by atoms with E-state index in [0.717, 1.165) is 5.75 Å². The van der Waals surface area contributed by atoms with Gasteiger partial charge in [-0.1, -0.05) is 12.1 Å². The molecule has 0 saturated carbocycles. The van der Waals surface area contributed by atoms with Crippen LogP contribution < -0.4 is 15.2 Å². The van der Waals surface area contributed by atoms with Gasteiger partial charge < -0.3 is 20.0 Å². The van der Waals surface area contributed by atoms with Crippen LogP contribution >= 0.6 is 0 Å². The lowest BCUT2D eigenvalue weighted by atomic mass is 10.0. The molecule has 0 aliphatic carbocycles. The van der Waals surface area contributed by atoms with Crippen molar-refractivity contribution in [1.82, 2.24) is 0 Å². The summed E-state index contributed by atoms with van der Waals surface area (Å²) in [5.74, 6) is 0.394. The lowest BCUT2D eigenvalue weighted by molar-refractivity contribution is -0.123. The number of ether oxygens (including phenoxy) is 2. The van der Waals surface area contributed by atoms with E-state index in [-0.39, 0.29) is 0 Å². The molecule has 0 spiro atoms. The number of nitrogens with two attached hydrogens (primary N) is 1. The van der Waals surface area contributed by atoms with Crippen molar-refractivity contribution in [2.45, 2.75) is 5.92 Å². The number of methoxy groups -OCH3 is 1. The summed E-state index contributed by atoms with van der Waals surface area (Å²) in [5.41, 5.74) is 5.70. The minimum atomic E-state index is -0.931. The van der Waals surface area contributed by atoms with Gasteiger partial charge in [-0.25, -0.2) is 0 Å². The Labute approximate surface area is 122 Å². The highest BCUT2D eigenvalue weighted by Gasteiger charge is 2.16. The third-order valence-corrected chi connectivity index (χ3v) is 2.98. The molecule has 1 atom stereocenters. The third kappa shape index (κ3) is 3.60. The van der Waals surface area contributed by atoms with Crippen LogP contribution in [-0.2, 0) is 9.59 Å². The predicted octanol–water partition coefficient (Wildman–Crippen LogP) is 2.26. The molecule has 2 N–H and O–H groups in total. The first-order valence-electron chi connectivity index (χ1n) is 6.30. The smallest absolute Gasteiger partial charge is 0.232 e. The number of hydrogen-bond acceptors (Lipinski definition) is 4. The molecule has 0 fully saturated rings. The Balaban J connectivity index is 2.11. The van der Waals surface area contributed by atoms with Crippen molar-refractivity contribution in [2.24, 2.45) is 5.73 Å². The molecule has 0 aliphatic heterocycles. The van der Waals surface area contributed by atoms with Crippen LogP contribution in [0.5, 0.6) is 17.2 Å². The number of carbonyl (C=O) groups is 2. The summed E-state index contributed by atoms with van der Waals surface area (Å²) in [6.07, 6.45) is 0.529. The molecule has 21 heavy (non-hydrogen) atoms. The highest BCUT2D eigenvalue weighted by atomic mass is 16.5. The summed E-state index contributed by atoms with van der Waals surface area (Å²) in [5, 5.41) is 0. The van der Waals surface area contributed by atoms with Crippen LogP contribution in [0.3, 0.4) is 0 Å². The molecule has 1 amide bonds. The van der Waals surface area contributed by atoms with Gasteiger partial charge in [0.1, 0.15) is 29.5 Å². The molecule has 5 heteroatoms. The minimum Gasteiger partial charge on any atom is -0.497 e. The van der Waals surface area contributed by atoms with Crippen LogP contribution in [0, 0.1) is 0 Å². The van der Waals surface area contributed by atoms with Gasteiger partial charge >= 0.3 is 0 Å². The molecule has 5 nitrogen and oxygen atoms in total. The zero-order valence-electron chi connectivity index (χ0n) is 11.5. The van der Waals surface area contributed by atoms with Crippen LogP contribution in [0.15, 0.2) is 48.5 Å². The highest BCUT2D eigenvalue weighted by Crippen LogP contribution is 2.25. The van der Waals surface area contributed by atoms with E-state index < -0.39 is 11.8 Å². The Hall–Kier alpha value is -2.82. The second-order valence-electron chi connectivity index (χ2n) is 4.36. The summed E-state index contributed by atoms with van der Waals surface area (Å²) >= 11 is 0. The van der Waals surface area contributed by atoms with Gasteiger partial charge in [0.2, 0.25) is 5.91 Å². The molecule has 0 radical (unpaired) electrons. The largest absolute Gasteiger partial charge is 0.497 e. The maximum atomic E-state index is 11.1. The fourth-order valence-electron chi connectivity index (χ4n) is 1.83. The summed E-state index contributed by atoms with van der Waals surface area (Å²) in [7, 11) is 1.59. The SMILES string of the molecule is COc1ccc(Oc2ccc(C(C=O)C(N)=O)cc2)cc1. The number of benzene rings is 2. The Morgan fingerprint density at radius 2 is 1.48 bits per heavy atom. The van der Waals surface area contributed by atoms with Crippen LogP contribution in [0.2, 0.25) is 0 Å². The van der Waals surface area contributed by atoms with E-state index in [9.17, 15) is 9.59 Å². The lowest BCUT2D eigenvalue weighted by Gasteiger charge is -2.09. The first-order chi connectivity index (χ1) is 10.1. The molecule has 108 valence electrons. The van der Waals surface area contributed by atoms with Gasteiger partial charge in [0, 0.05) is 0 Å². The molecular formula is C16H15NO4. The van der Waals surface area contributed by atoms with E-state index in [2.05, 4.69) is 0 Å². The predicted molar refractivity (Wildman–Crippen MR) is 77.5 cm³/mol. The van der Waals surface area contributed by atoms with Gasteiger partial charge in [-0.15, -0.1) is 0 Å². The number of amides is 1. The van der Waals surface area contributed by atoms with Crippen LogP contribution in [-0.4, -0.2) is 19.3 Å². The fraction of sp³-hybridized carbons (Fsp3) is 0.125. The number of primary amides is 1. The average Bonchev–Trinajstić information content (AvgIpc) is 2.50. The lowest BCUT2D eigenvalue weighted by Crippen LogP contribution is -2.22. The molecule has 0 heterocycles. The molecule has 0 aliphatic rings. The second kappa shape index (κ2) is 6.56. The van der Waals surface area contributed by atoms with E-state index in [1.54, 1.807) is 55.6 Å². The van der Waals surface area contributed by atoms with E-state index in [1.807, 2.05) is 0 Å². The molecule has 0 bridgehead atoms. The zero-order chi connectivity index (χ0) is 15.2. The first-order valence-corrected chi connectivity index (χ1v) is 6.30. The number of carbonyl (C=O) groups excluding carboxylic acids is 2. The van der Waals surface area contributed by atoms with Crippen molar-refractivity contribution in [1.29, 1.82) is 0 Å². The normalized spacial score (nSPS) is 11.5. The number of aldehydes is 1. The van der Waals surface area contributed by atoms with Gasteiger partial charge in [-0.05, 0) is 42.0 Å². The van der Waals surface area contributed by atoms with E-state index in [4.69, 9.17) is 15.2 Å². The van der Waals surface area contributed by atoms with Crippen molar-refractivity contribution in [3.8, 4) is 17.2 Å². The second-order valence-corrected chi connectivity index (χ2v) is 4.36. The fourth-order valence-corrected chi connectivity index (χ4v) is 1.83. The van der Waals surface area contributed by atoms with Crippen LogP contribution in [0.25, 0.3) is 0 Å². The summed E-state index contributed by atoms with van der Waals surface area (Å²) in [4.78, 5) is 22.0. The van der Waals surface area contributed by atoms with Crippen molar-refractivity contribution in [3.63, 3.8) is 0 Å². The highest BCUT2D eigenvalue weighted by molar-refractivity contribution is 5.96. The zero-order valence-corrected chi connectivity index (χ0v) is 11.5. The first kappa shape index (κ1) is 14.6. The molecule has 2 rings (SSSR count). The molecular weight excluding hydrogens is 270 g/mol. The quantitative estimate of drug-likeness (QED) is 0.652. The van der Waals surface area contributed by atoms with Crippen molar-refractivity contribution in [3.05, 3.63) is 54.1 Å². The van der Waals surface area contributed by atoms with Crippen molar-refractivity contribution in [2.75, 3.05) is 7.11 Å². The summed E-state index contributed by atoms with van der Waals surface area (Å²) in [6, 6.07) is 13.8. The van der Waals surface area contributed by atoms with E-state index >= 15 is 0 Å². The third-order valence-electron chi connectivity index (χ3n) is 2.98. The number of rotatable bonds is 6. The summed E-state index contributed by atoms with van der Waals surface area (Å²) in [6.45, 7) is 0. The maximum Gasteiger partial charge on any atom is 0.232 e. The van der Waals surface area contributed by atoms with E-state index in [0.29, 0.717) is 23.3 Å². The topological polar surface area (TPSA) is 78.6 Å². The van der Waals surface area contributed by atoms with Crippen LogP contribution in [0.4, 0.5) is 0 Å². The molecule has 0 saturated heterocycles.